The van der Waals surface area contributed by atoms with Gasteiger partial charge in [0, 0.05) is 24.7 Å². The molecule has 1 aromatic carbocycles. The molecule has 0 spiro atoms. The van der Waals surface area contributed by atoms with E-state index in [1.54, 1.807) is 13.0 Å². The predicted octanol–water partition coefficient (Wildman–Crippen LogP) is 2.01. The molecule has 0 bridgehead atoms. The third kappa shape index (κ3) is 6.01. The van der Waals surface area contributed by atoms with E-state index < -0.39 is 12.1 Å². The van der Waals surface area contributed by atoms with E-state index in [9.17, 15) is 9.59 Å². The fourth-order valence-corrected chi connectivity index (χ4v) is 1.92. The maximum Gasteiger partial charge on any atom is 0.418 e. The van der Waals surface area contributed by atoms with Gasteiger partial charge in [-0.3, -0.25) is 0 Å². The Kier molecular flexibility index (Phi) is 7.56. The number of halogens is 1. The first-order valence-corrected chi connectivity index (χ1v) is 7.13. The normalized spacial score (nSPS) is 10.0. The Morgan fingerprint density at radius 3 is 2.81 bits per heavy atom. The van der Waals surface area contributed by atoms with Crippen LogP contribution in [-0.4, -0.2) is 43.3 Å². The molecule has 0 aliphatic carbocycles. The van der Waals surface area contributed by atoms with Gasteiger partial charge in [-0.15, -0.1) is 0 Å². The van der Waals surface area contributed by atoms with Crippen molar-refractivity contribution in [3.8, 4) is 0 Å². The van der Waals surface area contributed by atoms with Crippen molar-refractivity contribution in [2.75, 3.05) is 26.2 Å². The number of hydrogen-bond donors (Lipinski definition) is 2. The number of carbonyl (C=O) groups is 2. The van der Waals surface area contributed by atoms with Crippen LogP contribution in [-0.2, 0) is 11.2 Å². The summed E-state index contributed by atoms with van der Waals surface area (Å²) in [4.78, 5) is 24.5. The standard InChI is InChI=1S/C14H20ClN3O3/c1-2-21-14(20)18(9-7-16)13(19)17-8-6-11-4-3-5-12(15)10-11/h3-5,10H,2,6-9,16H2,1H3,(H,17,19). The lowest BCUT2D eigenvalue weighted by Gasteiger charge is -2.19. The number of rotatable bonds is 6. The van der Waals surface area contributed by atoms with E-state index in [-0.39, 0.29) is 19.7 Å². The van der Waals surface area contributed by atoms with Crippen molar-refractivity contribution in [1.29, 1.82) is 0 Å². The van der Waals surface area contributed by atoms with Crippen molar-refractivity contribution in [1.82, 2.24) is 10.2 Å². The van der Waals surface area contributed by atoms with Gasteiger partial charge >= 0.3 is 12.1 Å². The van der Waals surface area contributed by atoms with Crippen LogP contribution in [0.3, 0.4) is 0 Å². The number of amides is 3. The highest BCUT2D eigenvalue weighted by molar-refractivity contribution is 6.30. The summed E-state index contributed by atoms with van der Waals surface area (Å²) in [6.07, 6.45) is -0.0748. The second kappa shape index (κ2) is 9.20. The fraction of sp³-hybridized carbons (Fsp3) is 0.429. The minimum atomic E-state index is -0.691. The molecule has 0 atom stereocenters. The predicted molar refractivity (Wildman–Crippen MR) is 81.3 cm³/mol. The van der Waals surface area contributed by atoms with Crippen molar-refractivity contribution >= 4 is 23.7 Å². The summed E-state index contributed by atoms with van der Waals surface area (Å²) in [5.41, 5.74) is 6.40. The summed E-state index contributed by atoms with van der Waals surface area (Å²) in [5.74, 6) is 0. The van der Waals surface area contributed by atoms with Gasteiger partial charge in [-0.25, -0.2) is 14.5 Å². The molecule has 7 heteroatoms. The van der Waals surface area contributed by atoms with E-state index in [1.165, 1.54) is 0 Å². The van der Waals surface area contributed by atoms with Gasteiger partial charge in [0.25, 0.3) is 0 Å². The zero-order valence-electron chi connectivity index (χ0n) is 12.0. The highest BCUT2D eigenvalue weighted by Crippen LogP contribution is 2.10. The number of ether oxygens (including phenoxy) is 1. The zero-order valence-corrected chi connectivity index (χ0v) is 12.7. The topological polar surface area (TPSA) is 84.7 Å². The van der Waals surface area contributed by atoms with Crippen molar-refractivity contribution < 1.29 is 14.3 Å². The molecule has 116 valence electrons. The maximum atomic E-state index is 11.9. The molecule has 3 amide bonds. The first-order valence-electron chi connectivity index (χ1n) is 6.75. The van der Waals surface area contributed by atoms with E-state index in [2.05, 4.69) is 5.32 Å². The molecule has 0 aliphatic heterocycles. The highest BCUT2D eigenvalue weighted by Gasteiger charge is 2.21. The summed E-state index contributed by atoms with van der Waals surface area (Å²) in [7, 11) is 0. The molecule has 0 aliphatic rings. The Morgan fingerprint density at radius 2 is 2.19 bits per heavy atom. The van der Waals surface area contributed by atoms with E-state index in [0.717, 1.165) is 10.5 Å². The number of nitrogens with one attached hydrogen (secondary N) is 1. The van der Waals surface area contributed by atoms with Crippen LogP contribution < -0.4 is 11.1 Å². The fourth-order valence-electron chi connectivity index (χ4n) is 1.71. The van der Waals surface area contributed by atoms with Crippen molar-refractivity contribution in [2.24, 2.45) is 5.73 Å². The molecule has 0 unspecified atom stereocenters. The van der Waals surface area contributed by atoms with Crippen LogP contribution in [0.25, 0.3) is 0 Å². The van der Waals surface area contributed by atoms with Crippen LogP contribution in [0.1, 0.15) is 12.5 Å². The molecule has 0 saturated carbocycles. The summed E-state index contributed by atoms with van der Waals surface area (Å²) in [6.45, 7) is 2.56. The average molecular weight is 314 g/mol. The first kappa shape index (κ1) is 17.3. The van der Waals surface area contributed by atoms with Crippen LogP contribution in [0.5, 0.6) is 0 Å². The lowest BCUT2D eigenvalue weighted by molar-refractivity contribution is 0.115. The monoisotopic (exact) mass is 313 g/mol. The molecule has 0 radical (unpaired) electrons. The first-order chi connectivity index (χ1) is 10.1. The Morgan fingerprint density at radius 1 is 1.43 bits per heavy atom. The third-order valence-corrected chi connectivity index (χ3v) is 2.90. The Hall–Kier alpha value is -1.79. The highest BCUT2D eigenvalue weighted by atomic mass is 35.5. The SMILES string of the molecule is CCOC(=O)N(CCN)C(=O)NCCc1cccc(Cl)c1. The molecule has 6 nitrogen and oxygen atoms in total. The van der Waals surface area contributed by atoms with Gasteiger partial charge in [-0.1, -0.05) is 23.7 Å². The smallest absolute Gasteiger partial charge is 0.418 e. The van der Waals surface area contributed by atoms with Gasteiger partial charge in [0.2, 0.25) is 0 Å². The van der Waals surface area contributed by atoms with Crippen molar-refractivity contribution in [3.63, 3.8) is 0 Å². The van der Waals surface area contributed by atoms with Crippen LogP contribution in [0, 0.1) is 0 Å². The summed E-state index contributed by atoms with van der Waals surface area (Å²) >= 11 is 5.88. The number of urea groups is 1. The maximum absolute atomic E-state index is 11.9. The molecule has 1 rings (SSSR count). The minimum absolute atomic E-state index is 0.113. The van der Waals surface area contributed by atoms with E-state index in [0.29, 0.717) is 18.0 Å². The average Bonchev–Trinajstić information content (AvgIpc) is 2.45. The van der Waals surface area contributed by atoms with E-state index >= 15 is 0 Å². The summed E-state index contributed by atoms with van der Waals surface area (Å²) in [6, 6.07) is 6.87. The third-order valence-electron chi connectivity index (χ3n) is 2.66. The molecule has 0 aromatic heterocycles. The van der Waals surface area contributed by atoms with Crippen LogP contribution >= 0.6 is 11.6 Å². The lowest BCUT2D eigenvalue weighted by Crippen LogP contribution is -2.46. The lowest BCUT2D eigenvalue weighted by atomic mass is 10.1. The number of nitrogens with zero attached hydrogens (tertiary/aromatic N) is 1. The van der Waals surface area contributed by atoms with Crippen LogP contribution in [0.2, 0.25) is 5.02 Å². The molecule has 0 heterocycles. The largest absolute Gasteiger partial charge is 0.449 e. The second-order valence-corrected chi connectivity index (χ2v) is 4.69. The Labute approximate surface area is 129 Å². The molecule has 0 fully saturated rings. The zero-order chi connectivity index (χ0) is 15.7. The van der Waals surface area contributed by atoms with Crippen LogP contribution in [0.4, 0.5) is 9.59 Å². The van der Waals surface area contributed by atoms with Gasteiger partial charge in [0.15, 0.2) is 0 Å². The molecular weight excluding hydrogens is 294 g/mol. The van der Waals surface area contributed by atoms with Gasteiger partial charge in [-0.2, -0.15) is 0 Å². The number of imide groups is 1. The summed E-state index contributed by atoms with van der Waals surface area (Å²) in [5, 5.41) is 3.31. The van der Waals surface area contributed by atoms with Crippen molar-refractivity contribution in [2.45, 2.75) is 13.3 Å². The molecular formula is C14H20ClN3O3. The number of carbonyl (C=O) groups excluding carboxylic acids is 2. The van der Waals surface area contributed by atoms with Crippen LogP contribution in [0.15, 0.2) is 24.3 Å². The number of nitrogens with two attached hydrogens (primary N) is 1. The second-order valence-electron chi connectivity index (χ2n) is 4.25. The van der Waals surface area contributed by atoms with E-state index in [1.807, 2.05) is 18.2 Å². The van der Waals surface area contributed by atoms with Gasteiger partial charge in [0.05, 0.1) is 6.61 Å². The molecule has 0 saturated heterocycles. The van der Waals surface area contributed by atoms with Gasteiger partial charge in [0.1, 0.15) is 0 Å². The van der Waals surface area contributed by atoms with Gasteiger partial charge < -0.3 is 15.8 Å². The Bertz CT molecular complexity index is 482. The van der Waals surface area contributed by atoms with Crippen molar-refractivity contribution in [3.05, 3.63) is 34.9 Å². The molecule has 21 heavy (non-hydrogen) atoms. The number of hydrogen-bond acceptors (Lipinski definition) is 4. The molecule has 3 N–H and O–H groups in total. The molecule has 1 aromatic rings. The quantitative estimate of drug-likeness (QED) is 0.841. The number of benzene rings is 1. The summed E-state index contributed by atoms with van der Waals surface area (Å²) < 4.78 is 4.81. The Balaban J connectivity index is 2.48. The van der Waals surface area contributed by atoms with Gasteiger partial charge in [-0.05, 0) is 31.0 Å². The van der Waals surface area contributed by atoms with E-state index in [4.69, 9.17) is 22.1 Å². The minimum Gasteiger partial charge on any atom is -0.449 e.